The van der Waals surface area contributed by atoms with E-state index in [0.29, 0.717) is 16.9 Å². The lowest BCUT2D eigenvalue weighted by Gasteiger charge is -2.28. The van der Waals surface area contributed by atoms with Crippen molar-refractivity contribution in [3.05, 3.63) is 71.8 Å². The Kier molecular flexibility index (Phi) is 5.24. The number of fused-ring (bicyclic) bond motifs is 1. The van der Waals surface area contributed by atoms with Crippen LogP contribution in [0, 0.1) is 17.6 Å². The van der Waals surface area contributed by atoms with Gasteiger partial charge in [-0.15, -0.1) is 0 Å². The normalized spacial score (nSPS) is 20.1. The highest BCUT2D eigenvalue weighted by atomic mass is 19.1. The molecule has 0 nitrogen and oxygen atoms in total. The summed E-state index contributed by atoms with van der Waals surface area (Å²) < 4.78 is 28.8. The maximum atomic E-state index is 14.9. The number of rotatable bonds is 4. The SMILES string of the molecule is CCCC1CCC(c2ccc(-c3ccc4c(F)cccc4c3)c(F)c2)CC1. The van der Waals surface area contributed by atoms with Gasteiger partial charge in [0.25, 0.3) is 0 Å². The molecule has 0 aromatic heterocycles. The first-order chi connectivity index (χ1) is 13.2. The van der Waals surface area contributed by atoms with E-state index in [1.54, 1.807) is 24.3 Å². The molecule has 0 spiro atoms. The molecule has 0 N–H and O–H groups in total. The standard InChI is InChI=1S/C25H26F2/c1-2-4-17-7-9-18(10-8-17)19-11-13-23(25(27)16-19)21-12-14-22-20(15-21)5-3-6-24(22)26/h3,5-6,11-18H,2,4,7-10H2,1H3. The van der Waals surface area contributed by atoms with Crippen molar-refractivity contribution in [1.82, 2.24) is 0 Å². The molecular weight excluding hydrogens is 338 g/mol. The molecule has 1 aliphatic carbocycles. The Hall–Kier alpha value is -2.22. The van der Waals surface area contributed by atoms with Crippen LogP contribution in [0.1, 0.15) is 56.9 Å². The van der Waals surface area contributed by atoms with E-state index < -0.39 is 0 Å². The van der Waals surface area contributed by atoms with Crippen LogP contribution in [0.2, 0.25) is 0 Å². The topological polar surface area (TPSA) is 0 Å². The monoisotopic (exact) mass is 364 g/mol. The zero-order chi connectivity index (χ0) is 18.8. The molecule has 0 amide bonds. The van der Waals surface area contributed by atoms with Crippen LogP contribution in [0.4, 0.5) is 8.78 Å². The fourth-order valence-corrected chi connectivity index (χ4v) is 4.62. The lowest BCUT2D eigenvalue weighted by atomic mass is 9.77. The quantitative estimate of drug-likeness (QED) is 0.442. The highest BCUT2D eigenvalue weighted by molar-refractivity contribution is 5.87. The van der Waals surface area contributed by atoms with Gasteiger partial charge in [-0.3, -0.25) is 0 Å². The highest BCUT2D eigenvalue weighted by Gasteiger charge is 2.22. The first-order valence-corrected chi connectivity index (χ1v) is 10.1. The second-order valence-electron chi connectivity index (χ2n) is 7.92. The molecule has 0 bridgehead atoms. The van der Waals surface area contributed by atoms with E-state index in [4.69, 9.17) is 0 Å². The predicted octanol–water partition coefficient (Wildman–Crippen LogP) is 7.86. The Bertz CT molecular complexity index is 936. The Balaban J connectivity index is 1.57. The van der Waals surface area contributed by atoms with Gasteiger partial charge in [0, 0.05) is 10.9 Å². The van der Waals surface area contributed by atoms with Gasteiger partial charge < -0.3 is 0 Å². The van der Waals surface area contributed by atoms with E-state index in [1.807, 2.05) is 18.2 Å². The largest absolute Gasteiger partial charge is 0.206 e. The summed E-state index contributed by atoms with van der Waals surface area (Å²) in [6, 6.07) is 16.1. The molecule has 0 radical (unpaired) electrons. The second kappa shape index (κ2) is 7.80. The summed E-state index contributed by atoms with van der Waals surface area (Å²) in [6.07, 6.45) is 7.44. The van der Waals surface area contributed by atoms with Crippen LogP contribution < -0.4 is 0 Å². The van der Waals surface area contributed by atoms with E-state index in [2.05, 4.69) is 13.0 Å². The third-order valence-electron chi connectivity index (χ3n) is 6.15. The minimum Gasteiger partial charge on any atom is -0.206 e. The minimum atomic E-state index is -0.242. The van der Waals surface area contributed by atoms with Crippen LogP contribution in [0.5, 0.6) is 0 Å². The van der Waals surface area contributed by atoms with Crippen LogP contribution in [0.3, 0.4) is 0 Å². The number of halogens is 2. The Morgan fingerprint density at radius 1 is 0.852 bits per heavy atom. The molecule has 2 heteroatoms. The Morgan fingerprint density at radius 3 is 2.41 bits per heavy atom. The molecule has 3 aromatic carbocycles. The van der Waals surface area contributed by atoms with Crippen molar-refractivity contribution in [2.45, 2.75) is 51.4 Å². The number of hydrogen-bond acceptors (Lipinski definition) is 0. The predicted molar refractivity (Wildman–Crippen MR) is 109 cm³/mol. The molecule has 0 unspecified atom stereocenters. The fourth-order valence-electron chi connectivity index (χ4n) is 4.62. The molecule has 4 rings (SSSR count). The average molecular weight is 364 g/mol. The van der Waals surface area contributed by atoms with E-state index in [1.165, 1.54) is 44.6 Å². The molecule has 27 heavy (non-hydrogen) atoms. The molecule has 0 heterocycles. The van der Waals surface area contributed by atoms with Gasteiger partial charge in [0.1, 0.15) is 11.6 Å². The van der Waals surface area contributed by atoms with E-state index in [9.17, 15) is 8.78 Å². The Morgan fingerprint density at radius 2 is 1.67 bits per heavy atom. The zero-order valence-corrected chi connectivity index (χ0v) is 15.8. The van der Waals surface area contributed by atoms with Crippen LogP contribution in [-0.2, 0) is 0 Å². The summed E-state index contributed by atoms with van der Waals surface area (Å²) >= 11 is 0. The van der Waals surface area contributed by atoms with Crippen molar-refractivity contribution in [2.75, 3.05) is 0 Å². The summed E-state index contributed by atoms with van der Waals surface area (Å²) in [6.45, 7) is 2.25. The zero-order valence-electron chi connectivity index (χ0n) is 15.8. The van der Waals surface area contributed by atoms with Crippen molar-refractivity contribution in [2.24, 2.45) is 5.92 Å². The van der Waals surface area contributed by atoms with Crippen molar-refractivity contribution < 1.29 is 8.78 Å². The van der Waals surface area contributed by atoms with Gasteiger partial charge in [-0.2, -0.15) is 0 Å². The smallest absolute Gasteiger partial charge is 0.131 e. The van der Waals surface area contributed by atoms with Crippen LogP contribution in [0.15, 0.2) is 54.6 Å². The third-order valence-corrected chi connectivity index (χ3v) is 6.15. The van der Waals surface area contributed by atoms with Gasteiger partial charge in [-0.25, -0.2) is 8.78 Å². The fraction of sp³-hybridized carbons (Fsp3) is 0.360. The second-order valence-corrected chi connectivity index (χ2v) is 7.92. The van der Waals surface area contributed by atoms with Crippen LogP contribution >= 0.6 is 0 Å². The summed E-state index contributed by atoms with van der Waals surface area (Å²) in [5.74, 6) is 0.910. The molecule has 0 saturated heterocycles. The molecular formula is C25H26F2. The van der Waals surface area contributed by atoms with Crippen LogP contribution in [0.25, 0.3) is 21.9 Å². The van der Waals surface area contributed by atoms with Gasteiger partial charge in [0.2, 0.25) is 0 Å². The van der Waals surface area contributed by atoms with Crippen molar-refractivity contribution in [3.63, 3.8) is 0 Å². The van der Waals surface area contributed by atoms with Gasteiger partial charge in [-0.1, -0.05) is 56.2 Å². The molecule has 1 fully saturated rings. The average Bonchev–Trinajstić information content (AvgIpc) is 2.69. The molecule has 1 aliphatic rings. The van der Waals surface area contributed by atoms with Gasteiger partial charge in [0.15, 0.2) is 0 Å². The Labute approximate surface area is 160 Å². The summed E-state index contributed by atoms with van der Waals surface area (Å²) in [5.41, 5.74) is 2.51. The summed E-state index contributed by atoms with van der Waals surface area (Å²) in [5, 5.41) is 1.37. The number of hydrogen-bond donors (Lipinski definition) is 0. The summed E-state index contributed by atoms with van der Waals surface area (Å²) in [7, 11) is 0. The lowest BCUT2D eigenvalue weighted by molar-refractivity contribution is 0.308. The maximum absolute atomic E-state index is 14.9. The van der Waals surface area contributed by atoms with E-state index in [0.717, 1.165) is 22.4 Å². The molecule has 140 valence electrons. The van der Waals surface area contributed by atoms with E-state index in [-0.39, 0.29) is 11.6 Å². The van der Waals surface area contributed by atoms with Crippen molar-refractivity contribution in [1.29, 1.82) is 0 Å². The highest BCUT2D eigenvalue weighted by Crippen LogP contribution is 2.38. The molecule has 1 saturated carbocycles. The first-order valence-electron chi connectivity index (χ1n) is 10.1. The van der Waals surface area contributed by atoms with Gasteiger partial charge >= 0.3 is 0 Å². The maximum Gasteiger partial charge on any atom is 0.131 e. The summed E-state index contributed by atoms with van der Waals surface area (Å²) in [4.78, 5) is 0. The molecule has 0 atom stereocenters. The number of benzene rings is 3. The van der Waals surface area contributed by atoms with E-state index >= 15 is 0 Å². The first kappa shape index (κ1) is 18.2. The molecule has 3 aromatic rings. The molecule has 0 aliphatic heterocycles. The van der Waals surface area contributed by atoms with Gasteiger partial charge in [-0.05, 0) is 72.2 Å². The van der Waals surface area contributed by atoms with Crippen molar-refractivity contribution in [3.8, 4) is 11.1 Å². The van der Waals surface area contributed by atoms with Crippen molar-refractivity contribution >= 4 is 10.8 Å². The third kappa shape index (κ3) is 3.76. The van der Waals surface area contributed by atoms with Crippen LogP contribution in [-0.4, -0.2) is 0 Å². The minimum absolute atomic E-state index is 0.182. The van der Waals surface area contributed by atoms with Gasteiger partial charge in [0.05, 0.1) is 0 Å². The lowest BCUT2D eigenvalue weighted by Crippen LogP contribution is -2.13.